The van der Waals surface area contributed by atoms with Gasteiger partial charge in [0.2, 0.25) is 5.91 Å². The summed E-state index contributed by atoms with van der Waals surface area (Å²) in [5.41, 5.74) is 0.476. The van der Waals surface area contributed by atoms with E-state index in [2.05, 4.69) is 5.32 Å². The molecule has 0 aliphatic carbocycles. The lowest BCUT2D eigenvalue weighted by atomic mass is 9.97. The Labute approximate surface area is 132 Å². The van der Waals surface area contributed by atoms with E-state index >= 15 is 0 Å². The summed E-state index contributed by atoms with van der Waals surface area (Å²) in [5, 5.41) is 2.67. The predicted octanol–water partition coefficient (Wildman–Crippen LogP) is 2.70. The highest BCUT2D eigenvalue weighted by Crippen LogP contribution is 2.31. The van der Waals surface area contributed by atoms with Crippen molar-refractivity contribution in [3.05, 3.63) is 20.3 Å². The van der Waals surface area contributed by atoms with Gasteiger partial charge in [0.25, 0.3) is 0 Å². The number of carbonyl (C=O) groups is 2. The number of likely N-dealkylation sites (tertiary alicyclic amines) is 1. The maximum atomic E-state index is 12.2. The molecule has 2 rings (SSSR count). The minimum absolute atomic E-state index is 0.0388. The largest absolute Gasteiger partial charge is 0.359 e. The molecule has 20 heavy (non-hydrogen) atoms. The molecule has 1 unspecified atom stereocenters. The molecule has 110 valence electrons. The van der Waals surface area contributed by atoms with Crippen LogP contribution < -0.4 is 5.32 Å². The first-order valence-electron chi connectivity index (χ1n) is 6.43. The second kappa shape index (κ2) is 6.89. The Balaban J connectivity index is 1.97. The van der Waals surface area contributed by atoms with E-state index in [1.54, 1.807) is 13.1 Å². The van der Waals surface area contributed by atoms with E-state index in [9.17, 15) is 9.59 Å². The van der Waals surface area contributed by atoms with Crippen molar-refractivity contribution in [2.75, 3.05) is 26.7 Å². The summed E-state index contributed by atoms with van der Waals surface area (Å²) in [5.74, 6) is -0.0439. The van der Waals surface area contributed by atoms with E-state index < -0.39 is 0 Å². The molecule has 0 spiro atoms. The lowest BCUT2D eigenvalue weighted by molar-refractivity contribution is -0.126. The molecule has 7 heteroatoms. The summed E-state index contributed by atoms with van der Waals surface area (Å²) >= 11 is 13.0. The number of rotatable bonds is 4. The van der Waals surface area contributed by atoms with Crippen LogP contribution in [-0.4, -0.2) is 43.3 Å². The van der Waals surface area contributed by atoms with Crippen LogP contribution in [0.3, 0.4) is 0 Å². The third kappa shape index (κ3) is 3.73. The van der Waals surface area contributed by atoms with Crippen molar-refractivity contribution < 1.29 is 9.59 Å². The molecule has 1 N–H and O–H groups in total. The molecular weight excluding hydrogens is 319 g/mol. The van der Waals surface area contributed by atoms with Gasteiger partial charge in [-0.2, -0.15) is 0 Å². The number of ketones is 1. The zero-order valence-corrected chi connectivity index (χ0v) is 13.4. The van der Waals surface area contributed by atoms with E-state index in [1.165, 1.54) is 11.3 Å². The van der Waals surface area contributed by atoms with E-state index in [-0.39, 0.29) is 24.2 Å². The lowest BCUT2D eigenvalue weighted by Gasteiger charge is -2.31. The first-order valence-corrected chi connectivity index (χ1v) is 8.00. The first-order chi connectivity index (χ1) is 9.51. The molecule has 0 radical (unpaired) electrons. The average Bonchev–Trinajstić information content (AvgIpc) is 2.77. The second-order valence-electron chi connectivity index (χ2n) is 4.85. The number of Topliss-reactive ketones (excluding diaryl/α,β-unsaturated/α-hetero) is 1. The van der Waals surface area contributed by atoms with Crippen LogP contribution in [0.5, 0.6) is 0 Å². The highest BCUT2D eigenvalue weighted by molar-refractivity contribution is 7.20. The number of carbonyl (C=O) groups excluding carboxylic acids is 2. The zero-order valence-electron chi connectivity index (χ0n) is 11.1. The molecule has 2 heterocycles. The van der Waals surface area contributed by atoms with Gasteiger partial charge in [0.15, 0.2) is 5.78 Å². The average molecular weight is 335 g/mol. The Bertz CT molecular complexity index is 518. The maximum absolute atomic E-state index is 12.2. The van der Waals surface area contributed by atoms with Gasteiger partial charge in [-0.1, -0.05) is 23.2 Å². The molecule has 0 bridgehead atoms. The van der Waals surface area contributed by atoms with Crippen LogP contribution in [0.4, 0.5) is 0 Å². The number of hydrogen-bond donors (Lipinski definition) is 1. The summed E-state index contributed by atoms with van der Waals surface area (Å²) in [7, 11) is 1.64. The molecule has 1 aliphatic heterocycles. The van der Waals surface area contributed by atoms with E-state index in [0.717, 1.165) is 19.4 Å². The number of halogens is 2. The summed E-state index contributed by atoms with van der Waals surface area (Å²) in [6, 6.07) is 1.61. The predicted molar refractivity (Wildman–Crippen MR) is 81.9 cm³/mol. The maximum Gasteiger partial charge on any atom is 0.224 e. The van der Waals surface area contributed by atoms with Crippen LogP contribution in [0.25, 0.3) is 0 Å². The molecule has 0 aromatic carbocycles. The standard InChI is InChI=1S/C13H16Cl2N2O2S/c1-16-13(19)8-3-2-4-17(6-8)7-10(18)9-5-11(14)20-12(9)15/h5,8H,2-4,6-7H2,1H3,(H,16,19). The number of amides is 1. The van der Waals surface area contributed by atoms with Gasteiger partial charge in [0.1, 0.15) is 4.34 Å². The van der Waals surface area contributed by atoms with Crippen molar-refractivity contribution >= 4 is 46.2 Å². The van der Waals surface area contributed by atoms with Gasteiger partial charge in [-0.25, -0.2) is 0 Å². The number of nitrogens with one attached hydrogen (secondary N) is 1. The molecule has 1 saturated heterocycles. The summed E-state index contributed by atoms with van der Waals surface area (Å²) in [4.78, 5) is 25.9. The van der Waals surface area contributed by atoms with Gasteiger partial charge in [0.05, 0.1) is 22.4 Å². The van der Waals surface area contributed by atoms with E-state index in [1.807, 2.05) is 4.90 Å². The van der Waals surface area contributed by atoms with Gasteiger partial charge in [-0.15, -0.1) is 11.3 Å². The monoisotopic (exact) mass is 334 g/mol. The molecule has 1 aromatic rings. The molecule has 4 nitrogen and oxygen atoms in total. The van der Waals surface area contributed by atoms with Crippen molar-refractivity contribution in [3.63, 3.8) is 0 Å². The van der Waals surface area contributed by atoms with Crippen LogP contribution in [0.2, 0.25) is 8.67 Å². The van der Waals surface area contributed by atoms with E-state index in [4.69, 9.17) is 23.2 Å². The van der Waals surface area contributed by atoms with Gasteiger partial charge < -0.3 is 5.32 Å². The summed E-state index contributed by atoms with van der Waals surface area (Å²) < 4.78 is 0.945. The molecule has 1 aromatic heterocycles. The molecule has 1 atom stereocenters. The van der Waals surface area contributed by atoms with E-state index in [0.29, 0.717) is 20.8 Å². The highest BCUT2D eigenvalue weighted by atomic mass is 35.5. The Morgan fingerprint density at radius 1 is 1.50 bits per heavy atom. The topological polar surface area (TPSA) is 49.4 Å². The number of nitrogens with zero attached hydrogens (tertiary/aromatic N) is 1. The van der Waals surface area contributed by atoms with Gasteiger partial charge in [0, 0.05) is 13.6 Å². The third-order valence-electron chi connectivity index (χ3n) is 3.45. The Kier molecular flexibility index (Phi) is 5.43. The molecule has 1 aliphatic rings. The van der Waals surface area contributed by atoms with Crippen molar-refractivity contribution in [3.8, 4) is 0 Å². The van der Waals surface area contributed by atoms with Crippen molar-refractivity contribution in [1.29, 1.82) is 0 Å². The van der Waals surface area contributed by atoms with Crippen LogP contribution in [0, 0.1) is 5.92 Å². The number of piperidine rings is 1. The number of thiophene rings is 1. The summed E-state index contributed by atoms with van der Waals surface area (Å²) in [6.45, 7) is 1.72. The minimum atomic E-state index is -0.0456. The Hall–Kier alpha value is -0.620. The quantitative estimate of drug-likeness (QED) is 0.861. The second-order valence-corrected chi connectivity index (χ2v) is 7.14. The Morgan fingerprint density at radius 2 is 2.25 bits per heavy atom. The number of hydrogen-bond acceptors (Lipinski definition) is 4. The summed E-state index contributed by atoms with van der Waals surface area (Å²) in [6.07, 6.45) is 1.79. The van der Waals surface area contributed by atoms with Crippen LogP contribution >= 0.6 is 34.5 Å². The fourth-order valence-corrected chi connectivity index (χ4v) is 3.93. The van der Waals surface area contributed by atoms with Gasteiger partial charge in [-0.3, -0.25) is 14.5 Å². The van der Waals surface area contributed by atoms with Crippen LogP contribution in [0.1, 0.15) is 23.2 Å². The third-order valence-corrected chi connectivity index (χ3v) is 4.93. The molecule has 0 saturated carbocycles. The fraction of sp³-hybridized carbons (Fsp3) is 0.538. The molecule has 1 amide bonds. The SMILES string of the molecule is CNC(=O)C1CCCN(CC(=O)c2cc(Cl)sc2Cl)C1. The zero-order chi connectivity index (χ0) is 14.7. The lowest BCUT2D eigenvalue weighted by Crippen LogP contribution is -2.43. The first kappa shape index (κ1) is 15.8. The molecular formula is C13H16Cl2N2O2S. The van der Waals surface area contributed by atoms with Crippen molar-refractivity contribution in [2.24, 2.45) is 5.92 Å². The fourth-order valence-electron chi connectivity index (χ4n) is 2.44. The van der Waals surface area contributed by atoms with Crippen molar-refractivity contribution in [1.82, 2.24) is 10.2 Å². The Morgan fingerprint density at radius 3 is 2.85 bits per heavy atom. The normalized spacial score (nSPS) is 19.9. The minimum Gasteiger partial charge on any atom is -0.359 e. The van der Waals surface area contributed by atoms with Crippen LogP contribution in [-0.2, 0) is 4.79 Å². The smallest absolute Gasteiger partial charge is 0.224 e. The molecule has 1 fully saturated rings. The van der Waals surface area contributed by atoms with Gasteiger partial charge in [-0.05, 0) is 25.5 Å². The highest BCUT2D eigenvalue weighted by Gasteiger charge is 2.27. The van der Waals surface area contributed by atoms with Crippen LogP contribution in [0.15, 0.2) is 6.07 Å². The van der Waals surface area contributed by atoms with Crippen molar-refractivity contribution in [2.45, 2.75) is 12.8 Å². The van der Waals surface area contributed by atoms with Gasteiger partial charge >= 0.3 is 0 Å².